The number of rotatable bonds is 5. The minimum Gasteiger partial charge on any atom is -0.346 e. The van der Waals surface area contributed by atoms with Gasteiger partial charge in [-0.2, -0.15) is 0 Å². The SMILES string of the molecule is CS(=O)(=O)C1(C(=O)NCC(=O)Nc2cccc(F)c2)CCNCC1. The molecule has 9 heteroatoms. The Hall–Kier alpha value is -2.00. The van der Waals surface area contributed by atoms with E-state index >= 15 is 0 Å². The van der Waals surface area contributed by atoms with Crippen LogP contribution in [0.5, 0.6) is 0 Å². The van der Waals surface area contributed by atoms with Crippen LogP contribution in [0.2, 0.25) is 0 Å². The Labute approximate surface area is 139 Å². The van der Waals surface area contributed by atoms with Gasteiger partial charge in [-0.05, 0) is 44.1 Å². The van der Waals surface area contributed by atoms with Gasteiger partial charge in [-0.25, -0.2) is 12.8 Å². The monoisotopic (exact) mass is 357 g/mol. The minimum atomic E-state index is -3.63. The summed E-state index contributed by atoms with van der Waals surface area (Å²) in [4.78, 5) is 24.3. The Bertz CT molecular complexity index is 730. The maximum Gasteiger partial charge on any atom is 0.243 e. The standard InChI is InChI=1S/C15H20FN3O4S/c1-24(22,23)15(5-7-17-8-6-15)14(21)18-10-13(20)19-12-4-2-3-11(16)9-12/h2-4,9,17H,5-8,10H2,1H3,(H,18,21)(H,19,20). The zero-order chi connectivity index (χ0) is 17.8. The molecule has 24 heavy (non-hydrogen) atoms. The zero-order valence-corrected chi connectivity index (χ0v) is 14.1. The molecule has 1 aromatic rings. The van der Waals surface area contributed by atoms with Gasteiger partial charge in [0.15, 0.2) is 14.6 Å². The van der Waals surface area contributed by atoms with Gasteiger partial charge >= 0.3 is 0 Å². The first-order valence-corrected chi connectivity index (χ1v) is 9.38. The fourth-order valence-electron chi connectivity index (χ4n) is 2.69. The molecule has 1 saturated heterocycles. The molecule has 0 unspecified atom stereocenters. The van der Waals surface area contributed by atoms with E-state index in [1.54, 1.807) is 0 Å². The van der Waals surface area contributed by atoms with Gasteiger partial charge in [0.05, 0.1) is 6.54 Å². The third-order valence-corrected chi connectivity index (χ3v) is 6.07. The van der Waals surface area contributed by atoms with E-state index in [1.807, 2.05) is 0 Å². The van der Waals surface area contributed by atoms with Gasteiger partial charge in [0, 0.05) is 11.9 Å². The second-order valence-electron chi connectivity index (χ2n) is 5.76. The second-order valence-corrected chi connectivity index (χ2v) is 8.08. The number of halogens is 1. The Morgan fingerprint density at radius 1 is 1.29 bits per heavy atom. The summed E-state index contributed by atoms with van der Waals surface area (Å²) in [7, 11) is -3.63. The van der Waals surface area contributed by atoms with Crippen LogP contribution < -0.4 is 16.0 Å². The lowest BCUT2D eigenvalue weighted by atomic mass is 9.96. The molecule has 132 valence electrons. The van der Waals surface area contributed by atoms with E-state index in [2.05, 4.69) is 16.0 Å². The predicted molar refractivity (Wildman–Crippen MR) is 87.7 cm³/mol. The lowest BCUT2D eigenvalue weighted by Crippen LogP contribution is -2.58. The van der Waals surface area contributed by atoms with Gasteiger partial charge in [-0.15, -0.1) is 0 Å². The first-order valence-electron chi connectivity index (χ1n) is 7.49. The Morgan fingerprint density at radius 2 is 1.96 bits per heavy atom. The highest BCUT2D eigenvalue weighted by Gasteiger charge is 2.48. The number of hydrogen-bond acceptors (Lipinski definition) is 5. The first kappa shape index (κ1) is 18.3. The third kappa shape index (κ3) is 4.09. The summed E-state index contributed by atoms with van der Waals surface area (Å²) in [6, 6.07) is 5.33. The molecule has 0 radical (unpaired) electrons. The van der Waals surface area contributed by atoms with Crippen molar-refractivity contribution >= 4 is 27.3 Å². The van der Waals surface area contributed by atoms with Gasteiger partial charge in [0.2, 0.25) is 11.8 Å². The van der Waals surface area contributed by atoms with Crippen molar-refractivity contribution in [2.75, 3.05) is 31.2 Å². The third-order valence-electron chi connectivity index (χ3n) is 4.05. The first-order chi connectivity index (χ1) is 11.2. The summed E-state index contributed by atoms with van der Waals surface area (Å²) in [6.45, 7) is 0.437. The van der Waals surface area contributed by atoms with E-state index in [0.29, 0.717) is 13.1 Å². The number of anilines is 1. The van der Waals surface area contributed by atoms with Crippen molar-refractivity contribution in [2.45, 2.75) is 17.6 Å². The quantitative estimate of drug-likeness (QED) is 0.691. The normalized spacial score (nSPS) is 17.1. The van der Waals surface area contributed by atoms with Crippen LogP contribution in [0.15, 0.2) is 24.3 Å². The van der Waals surface area contributed by atoms with Crippen molar-refractivity contribution in [3.05, 3.63) is 30.1 Å². The summed E-state index contributed by atoms with van der Waals surface area (Å²) in [5.74, 6) is -1.74. The maximum atomic E-state index is 13.1. The van der Waals surface area contributed by atoms with E-state index in [0.717, 1.165) is 12.3 Å². The summed E-state index contributed by atoms with van der Waals surface area (Å²) in [6.07, 6.45) is 1.34. The molecule has 0 aromatic heterocycles. The Kier molecular flexibility index (Phi) is 5.55. The van der Waals surface area contributed by atoms with Gasteiger partial charge in [-0.3, -0.25) is 9.59 Å². The number of benzene rings is 1. The maximum absolute atomic E-state index is 13.1. The number of nitrogens with one attached hydrogen (secondary N) is 3. The van der Waals surface area contributed by atoms with Crippen LogP contribution in [-0.4, -0.2) is 50.9 Å². The number of amides is 2. The van der Waals surface area contributed by atoms with Gasteiger partial charge < -0.3 is 16.0 Å². The molecule has 3 N–H and O–H groups in total. The van der Waals surface area contributed by atoms with E-state index in [-0.39, 0.29) is 25.1 Å². The van der Waals surface area contributed by atoms with Crippen LogP contribution in [-0.2, 0) is 19.4 Å². The van der Waals surface area contributed by atoms with E-state index in [4.69, 9.17) is 0 Å². The molecule has 0 bridgehead atoms. The molecule has 7 nitrogen and oxygen atoms in total. The fraction of sp³-hybridized carbons (Fsp3) is 0.467. The van der Waals surface area contributed by atoms with Gasteiger partial charge in [0.1, 0.15) is 5.82 Å². The highest BCUT2D eigenvalue weighted by Crippen LogP contribution is 2.27. The molecule has 1 fully saturated rings. The highest BCUT2D eigenvalue weighted by molar-refractivity contribution is 7.92. The number of piperidine rings is 1. The smallest absolute Gasteiger partial charge is 0.243 e. The Balaban J connectivity index is 1.99. The molecule has 0 atom stereocenters. The molecule has 2 rings (SSSR count). The largest absolute Gasteiger partial charge is 0.346 e. The Morgan fingerprint density at radius 3 is 2.54 bits per heavy atom. The number of hydrogen-bond donors (Lipinski definition) is 3. The molecule has 2 amide bonds. The predicted octanol–water partition coefficient (Wildman–Crippen LogP) is 0.0472. The van der Waals surface area contributed by atoms with Crippen LogP contribution in [0.1, 0.15) is 12.8 Å². The minimum absolute atomic E-state index is 0.156. The van der Waals surface area contributed by atoms with Crippen molar-refractivity contribution < 1.29 is 22.4 Å². The summed E-state index contributed by atoms with van der Waals surface area (Å²) < 4.78 is 35.7. The molecule has 1 aromatic carbocycles. The molecule has 0 spiro atoms. The number of sulfone groups is 1. The molecule has 1 aliphatic rings. The van der Waals surface area contributed by atoms with Crippen LogP contribution >= 0.6 is 0 Å². The molecular formula is C15H20FN3O4S. The van der Waals surface area contributed by atoms with Crippen molar-refractivity contribution in [3.8, 4) is 0 Å². The van der Waals surface area contributed by atoms with Crippen molar-refractivity contribution in [1.29, 1.82) is 0 Å². The molecule has 0 saturated carbocycles. The molecule has 0 aliphatic carbocycles. The summed E-state index contributed by atoms with van der Waals surface area (Å²) >= 11 is 0. The van der Waals surface area contributed by atoms with Crippen molar-refractivity contribution in [3.63, 3.8) is 0 Å². The van der Waals surface area contributed by atoms with E-state index in [1.165, 1.54) is 18.2 Å². The number of carbonyl (C=O) groups is 2. The summed E-state index contributed by atoms with van der Waals surface area (Å²) in [5.41, 5.74) is 0.258. The molecule has 1 aliphatic heterocycles. The number of carbonyl (C=O) groups excluding carboxylic acids is 2. The fourth-order valence-corrected chi connectivity index (χ4v) is 4.04. The highest BCUT2D eigenvalue weighted by atomic mass is 32.2. The van der Waals surface area contributed by atoms with Crippen LogP contribution in [0.25, 0.3) is 0 Å². The topological polar surface area (TPSA) is 104 Å². The lowest BCUT2D eigenvalue weighted by Gasteiger charge is -2.34. The van der Waals surface area contributed by atoms with Crippen LogP contribution in [0.4, 0.5) is 10.1 Å². The van der Waals surface area contributed by atoms with Crippen molar-refractivity contribution in [2.24, 2.45) is 0 Å². The van der Waals surface area contributed by atoms with E-state index < -0.39 is 32.2 Å². The molecular weight excluding hydrogens is 337 g/mol. The van der Waals surface area contributed by atoms with E-state index in [9.17, 15) is 22.4 Å². The van der Waals surface area contributed by atoms with Gasteiger partial charge in [-0.1, -0.05) is 6.07 Å². The molecule has 1 heterocycles. The second kappa shape index (κ2) is 7.27. The summed E-state index contributed by atoms with van der Waals surface area (Å²) in [5, 5.41) is 7.83. The van der Waals surface area contributed by atoms with Crippen molar-refractivity contribution in [1.82, 2.24) is 10.6 Å². The van der Waals surface area contributed by atoms with Gasteiger partial charge in [0.25, 0.3) is 0 Å². The lowest BCUT2D eigenvalue weighted by molar-refractivity contribution is -0.126. The zero-order valence-electron chi connectivity index (χ0n) is 13.3. The average Bonchev–Trinajstić information content (AvgIpc) is 2.52. The average molecular weight is 357 g/mol. The van der Waals surface area contributed by atoms with Crippen LogP contribution in [0.3, 0.4) is 0 Å². The van der Waals surface area contributed by atoms with Crippen LogP contribution in [0, 0.1) is 5.82 Å².